The fourth-order valence-corrected chi connectivity index (χ4v) is 2.40. The third-order valence-electron chi connectivity index (χ3n) is 3.40. The van der Waals surface area contributed by atoms with Gasteiger partial charge in [-0.3, -0.25) is 4.79 Å². The van der Waals surface area contributed by atoms with E-state index in [0.717, 1.165) is 12.1 Å². The number of hydrogen-bond donors (Lipinski definition) is 1. The first-order valence-electron chi connectivity index (χ1n) is 6.06. The molecule has 1 fully saturated rings. The first-order valence-corrected chi connectivity index (χ1v) is 6.06. The molecule has 3 rings (SSSR count). The number of nitrogens with zero attached hydrogens (tertiary/aromatic N) is 5. The van der Waals surface area contributed by atoms with Crippen LogP contribution in [0.4, 0.5) is 5.82 Å². The van der Waals surface area contributed by atoms with Crippen LogP contribution in [0.1, 0.15) is 18.0 Å². The van der Waals surface area contributed by atoms with Crippen molar-refractivity contribution < 1.29 is 4.79 Å². The first kappa shape index (κ1) is 11.6. The van der Waals surface area contributed by atoms with Crippen molar-refractivity contribution in [1.82, 2.24) is 24.5 Å². The van der Waals surface area contributed by atoms with Gasteiger partial charge in [-0.2, -0.15) is 5.10 Å². The van der Waals surface area contributed by atoms with Crippen molar-refractivity contribution in [2.45, 2.75) is 12.3 Å². The summed E-state index contributed by atoms with van der Waals surface area (Å²) in [5.74, 6) is 0.501. The van der Waals surface area contributed by atoms with E-state index >= 15 is 0 Å². The molecule has 0 bridgehead atoms. The summed E-state index contributed by atoms with van der Waals surface area (Å²) < 4.78 is 1.62. The lowest BCUT2D eigenvalue weighted by molar-refractivity contribution is -0.125. The van der Waals surface area contributed by atoms with Crippen molar-refractivity contribution in [3.63, 3.8) is 0 Å². The number of amides is 1. The summed E-state index contributed by atoms with van der Waals surface area (Å²) >= 11 is 0. The highest BCUT2D eigenvalue weighted by Gasteiger charge is 2.27. The number of fused-ring (bicyclic) bond motifs is 1. The number of carbonyl (C=O) groups excluding carboxylic acids is 1. The molecule has 1 unspecified atom stereocenters. The Morgan fingerprint density at radius 3 is 3.21 bits per heavy atom. The normalized spacial score (nSPS) is 18.9. The molecular formula is C12H14N6O. The highest BCUT2D eigenvalue weighted by molar-refractivity contribution is 5.87. The minimum atomic E-state index is -0.0442. The number of hydrogen-bond acceptors (Lipinski definition) is 5. The molecule has 7 heteroatoms. The summed E-state index contributed by atoms with van der Waals surface area (Å²) in [5, 5.41) is 4.07. The average Bonchev–Trinajstić information content (AvgIpc) is 3.06. The number of anilines is 1. The molecule has 0 radical (unpaired) electrons. The smallest absolute Gasteiger partial charge is 0.245 e. The second kappa shape index (κ2) is 4.34. The number of rotatable bonds is 2. The van der Waals surface area contributed by atoms with Gasteiger partial charge in [-0.05, 0) is 12.5 Å². The zero-order valence-electron chi connectivity index (χ0n) is 10.4. The highest BCUT2D eigenvalue weighted by Crippen LogP contribution is 2.26. The van der Waals surface area contributed by atoms with Gasteiger partial charge in [-0.25, -0.2) is 14.5 Å². The molecule has 1 aliphatic rings. The summed E-state index contributed by atoms with van der Waals surface area (Å²) in [5.41, 5.74) is 7.26. The fourth-order valence-electron chi connectivity index (χ4n) is 2.40. The second-order valence-corrected chi connectivity index (χ2v) is 4.55. The van der Waals surface area contributed by atoms with Gasteiger partial charge in [0, 0.05) is 19.0 Å². The lowest BCUT2D eigenvalue weighted by atomic mass is 10.1. The Bertz CT molecular complexity index is 649. The van der Waals surface area contributed by atoms with E-state index in [9.17, 15) is 4.79 Å². The Labute approximate surface area is 109 Å². The van der Waals surface area contributed by atoms with Crippen LogP contribution in [0.5, 0.6) is 0 Å². The van der Waals surface area contributed by atoms with Gasteiger partial charge < -0.3 is 10.6 Å². The van der Waals surface area contributed by atoms with Crippen LogP contribution < -0.4 is 5.73 Å². The first-order chi connectivity index (χ1) is 9.19. The Hall–Kier alpha value is -2.44. The molecule has 0 saturated carbocycles. The fraction of sp³-hybridized carbons (Fsp3) is 0.333. The zero-order chi connectivity index (χ0) is 13.4. The maximum Gasteiger partial charge on any atom is 0.245 e. The standard InChI is InChI=1S/C12H14N6O/c1-2-10(19)17-4-3-8(5-17)9-6-18-12(11(13)16-9)14-7-15-18/h2,6-8H,1,3-5H2,(H2,13,16). The molecule has 1 amide bonds. The Morgan fingerprint density at radius 2 is 2.42 bits per heavy atom. The number of carbonyl (C=O) groups is 1. The van der Waals surface area contributed by atoms with Crippen molar-refractivity contribution in [2.24, 2.45) is 0 Å². The molecule has 1 saturated heterocycles. The maximum atomic E-state index is 11.6. The van der Waals surface area contributed by atoms with Gasteiger partial charge in [0.15, 0.2) is 11.5 Å². The number of aromatic nitrogens is 4. The minimum Gasteiger partial charge on any atom is -0.381 e. The third-order valence-corrected chi connectivity index (χ3v) is 3.40. The second-order valence-electron chi connectivity index (χ2n) is 4.55. The monoisotopic (exact) mass is 258 g/mol. The number of nitrogen functional groups attached to an aromatic ring is 1. The van der Waals surface area contributed by atoms with E-state index < -0.39 is 0 Å². The summed E-state index contributed by atoms with van der Waals surface area (Å²) in [6, 6.07) is 0. The van der Waals surface area contributed by atoms with E-state index in [1.54, 1.807) is 9.42 Å². The van der Waals surface area contributed by atoms with E-state index in [1.165, 1.54) is 12.4 Å². The molecule has 1 atom stereocenters. The molecule has 0 spiro atoms. The van der Waals surface area contributed by atoms with E-state index in [2.05, 4.69) is 21.6 Å². The molecule has 0 aromatic carbocycles. The number of likely N-dealkylation sites (tertiary alicyclic amines) is 1. The topological polar surface area (TPSA) is 89.4 Å². The largest absolute Gasteiger partial charge is 0.381 e. The average molecular weight is 258 g/mol. The SMILES string of the molecule is C=CC(=O)N1CCC(c2cn3ncnc3c(N)n2)C1. The molecule has 2 N–H and O–H groups in total. The van der Waals surface area contributed by atoms with Crippen LogP contribution in [-0.4, -0.2) is 43.5 Å². The molecule has 7 nitrogen and oxygen atoms in total. The van der Waals surface area contributed by atoms with Gasteiger partial charge in [0.05, 0.1) is 11.9 Å². The van der Waals surface area contributed by atoms with Gasteiger partial charge in [0.2, 0.25) is 5.91 Å². The quantitative estimate of drug-likeness (QED) is 0.778. The van der Waals surface area contributed by atoms with Crippen LogP contribution in [0.2, 0.25) is 0 Å². The summed E-state index contributed by atoms with van der Waals surface area (Å²) in [4.78, 5) is 21.7. The van der Waals surface area contributed by atoms with Crippen LogP contribution >= 0.6 is 0 Å². The van der Waals surface area contributed by atoms with Gasteiger partial charge in [-0.1, -0.05) is 6.58 Å². The zero-order valence-corrected chi connectivity index (χ0v) is 10.4. The van der Waals surface area contributed by atoms with Crippen LogP contribution in [0.15, 0.2) is 25.2 Å². The molecular weight excluding hydrogens is 244 g/mol. The lowest BCUT2D eigenvalue weighted by Crippen LogP contribution is -2.26. The minimum absolute atomic E-state index is 0.0442. The third kappa shape index (κ3) is 1.92. The maximum absolute atomic E-state index is 11.6. The van der Waals surface area contributed by atoms with Crippen molar-refractivity contribution >= 4 is 17.4 Å². The molecule has 19 heavy (non-hydrogen) atoms. The van der Waals surface area contributed by atoms with Gasteiger partial charge in [0.25, 0.3) is 0 Å². The van der Waals surface area contributed by atoms with Crippen molar-refractivity contribution in [3.8, 4) is 0 Å². The summed E-state index contributed by atoms with van der Waals surface area (Å²) in [6.07, 6.45) is 5.47. The van der Waals surface area contributed by atoms with E-state index in [0.29, 0.717) is 24.6 Å². The summed E-state index contributed by atoms with van der Waals surface area (Å²) in [6.45, 7) is 4.85. The Morgan fingerprint density at radius 1 is 1.58 bits per heavy atom. The van der Waals surface area contributed by atoms with E-state index in [4.69, 9.17) is 5.73 Å². The van der Waals surface area contributed by atoms with Crippen molar-refractivity contribution in [1.29, 1.82) is 0 Å². The number of nitrogens with two attached hydrogens (primary N) is 1. The lowest BCUT2D eigenvalue weighted by Gasteiger charge is -2.14. The van der Waals surface area contributed by atoms with Gasteiger partial charge in [-0.15, -0.1) is 0 Å². The van der Waals surface area contributed by atoms with Crippen LogP contribution in [-0.2, 0) is 4.79 Å². The molecule has 0 aliphatic carbocycles. The van der Waals surface area contributed by atoms with Crippen LogP contribution in [0.25, 0.3) is 5.65 Å². The highest BCUT2D eigenvalue weighted by atomic mass is 16.2. The predicted octanol–water partition coefficient (Wildman–Crippen LogP) is 0.208. The van der Waals surface area contributed by atoms with E-state index in [-0.39, 0.29) is 11.8 Å². The van der Waals surface area contributed by atoms with Crippen molar-refractivity contribution in [2.75, 3.05) is 18.8 Å². The Kier molecular flexibility index (Phi) is 2.66. The molecule has 98 valence electrons. The van der Waals surface area contributed by atoms with Crippen LogP contribution in [0, 0.1) is 0 Å². The molecule has 3 heterocycles. The van der Waals surface area contributed by atoms with Gasteiger partial charge >= 0.3 is 0 Å². The Balaban J connectivity index is 1.89. The molecule has 2 aromatic rings. The van der Waals surface area contributed by atoms with Crippen LogP contribution in [0.3, 0.4) is 0 Å². The van der Waals surface area contributed by atoms with Gasteiger partial charge in [0.1, 0.15) is 6.33 Å². The van der Waals surface area contributed by atoms with E-state index in [1.807, 2.05) is 6.20 Å². The predicted molar refractivity (Wildman–Crippen MR) is 69.3 cm³/mol. The van der Waals surface area contributed by atoms with Crippen molar-refractivity contribution in [3.05, 3.63) is 30.9 Å². The molecule has 1 aliphatic heterocycles. The summed E-state index contributed by atoms with van der Waals surface area (Å²) in [7, 11) is 0. The molecule has 2 aromatic heterocycles.